The summed E-state index contributed by atoms with van der Waals surface area (Å²) in [4.78, 5) is 23.0. The average molecular weight is 369 g/mol. The molecule has 2 N–H and O–H groups in total. The Morgan fingerprint density at radius 2 is 2.15 bits per heavy atom. The molecule has 0 aromatic carbocycles. The zero-order valence-corrected chi connectivity index (χ0v) is 15.7. The molecule has 0 saturated heterocycles. The summed E-state index contributed by atoms with van der Waals surface area (Å²) in [6.45, 7) is 5.87. The van der Waals surface area contributed by atoms with E-state index in [1.807, 2.05) is 6.08 Å². The highest BCUT2D eigenvalue weighted by atomic mass is 16.5. The number of hydrogen-bond donors (Lipinski definition) is 2. The van der Waals surface area contributed by atoms with Crippen LogP contribution in [0.1, 0.15) is 26.2 Å². The third-order valence-corrected chi connectivity index (χ3v) is 4.49. The van der Waals surface area contributed by atoms with Crippen molar-refractivity contribution in [2.75, 3.05) is 19.8 Å². The Morgan fingerprint density at radius 1 is 1.37 bits per heavy atom. The van der Waals surface area contributed by atoms with Crippen molar-refractivity contribution < 1.29 is 19.4 Å². The Kier molecular flexibility index (Phi) is 8.01. The smallest absolute Gasteiger partial charge is 0.407 e. The number of carbonyl (C=O) groups is 2. The molecule has 2 aliphatic carbocycles. The van der Waals surface area contributed by atoms with Crippen LogP contribution in [0.25, 0.3) is 0 Å². The second-order valence-electron chi connectivity index (χ2n) is 6.32. The minimum atomic E-state index is -0.572. The van der Waals surface area contributed by atoms with E-state index in [2.05, 4.69) is 55.3 Å². The summed E-state index contributed by atoms with van der Waals surface area (Å²) in [5.41, 5.74) is 4.43. The topological polar surface area (TPSA) is 75.6 Å². The van der Waals surface area contributed by atoms with Crippen molar-refractivity contribution in [1.82, 2.24) is 5.32 Å². The van der Waals surface area contributed by atoms with Gasteiger partial charge in [0.15, 0.2) is 5.78 Å². The number of Topliss-reactive ketones (excluding diaryl/α,β-unsaturated/α-hetero) is 1. The van der Waals surface area contributed by atoms with Crippen LogP contribution in [0.5, 0.6) is 0 Å². The van der Waals surface area contributed by atoms with Crippen LogP contribution < -0.4 is 5.32 Å². The van der Waals surface area contributed by atoms with Crippen LogP contribution in [0.4, 0.5) is 4.79 Å². The van der Waals surface area contributed by atoms with Gasteiger partial charge < -0.3 is 15.2 Å². The van der Waals surface area contributed by atoms with Gasteiger partial charge in [-0.05, 0) is 35.1 Å². The summed E-state index contributed by atoms with van der Waals surface area (Å²) in [5, 5.41) is 11.2. The van der Waals surface area contributed by atoms with E-state index >= 15 is 0 Å². The van der Waals surface area contributed by atoms with Gasteiger partial charge in [0, 0.05) is 18.9 Å². The fraction of sp³-hybridized carbons (Fsp3) is 0.364. The van der Waals surface area contributed by atoms with Crippen LogP contribution in [-0.4, -0.2) is 36.7 Å². The van der Waals surface area contributed by atoms with E-state index < -0.39 is 12.7 Å². The molecule has 0 spiro atoms. The molecule has 1 unspecified atom stereocenters. The molecule has 2 aliphatic rings. The molecule has 1 atom stereocenters. The molecule has 2 rings (SSSR count). The molecule has 0 aromatic heterocycles. The molecular formula is C22H27NO4. The van der Waals surface area contributed by atoms with Crippen molar-refractivity contribution in [3.8, 4) is 0 Å². The van der Waals surface area contributed by atoms with Crippen LogP contribution in [0.15, 0.2) is 71.4 Å². The van der Waals surface area contributed by atoms with Gasteiger partial charge in [-0.15, -0.1) is 0 Å². The molecule has 0 fully saturated rings. The lowest BCUT2D eigenvalue weighted by Crippen LogP contribution is -2.29. The molecular weight excluding hydrogens is 342 g/mol. The van der Waals surface area contributed by atoms with E-state index in [4.69, 9.17) is 9.84 Å². The Hall–Kier alpha value is -2.66. The molecule has 5 nitrogen and oxygen atoms in total. The number of ketones is 1. The van der Waals surface area contributed by atoms with Crippen molar-refractivity contribution in [3.63, 3.8) is 0 Å². The predicted molar refractivity (Wildman–Crippen MR) is 106 cm³/mol. The minimum absolute atomic E-state index is 0.0715. The number of amides is 1. The maximum atomic E-state index is 11.9. The summed E-state index contributed by atoms with van der Waals surface area (Å²) in [7, 11) is 0. The van der Waals surface area contributed by atoms with Crippen LogP contribution in [0.3, 0.4) is 0 Å². The van der Waals surface area contributed by atoms with Crippen molar-refractivity contribution >= 4 is 11.9 Å². The molecule has 0 saturated carbocycles. The Labute approximate surface area is 160 Å². The van der Waals surface area contributed by atoms with Crippen molar-refractivity contribution in [1.29, 1.82) is 0 Å². The number of carbonyl (C=O) groups excluding carboxylic acids is 2. The summed E-state index contributed by atoms with van der Waals surface area (Å²) in [5.74, 6) is -0.390. The molecule has 1 amide bonds. The van der Waals surface area contributed by atoms with E-state index in [0.717, 1.165) is 35.1 Å². The number of alkyl carbamates (subject to hydrolysis) is 1. The zero-order chi connectivity index (χ0) is 19.6. The SMILES string of the molecule is C=CC1=C(C=CCC)C2=C(C=CCC=C2)C1COC(=O)NCCC(=O)CO. The van der Waals surface area contributed by atoms with Crippen molar-refractivity contribution in [2.24, 2.45) is 5.92 Å². The molecule has 0 radical (unpaired) electrons. The van der Waals surface area contributed by atoms with Crippen LogP contribution in [0, 0.1) is 5.92 Å². The lowest BCUT2D eigenvalue weighted by Gasteiger charge is -2.16. The number of rotatable bonds is 9. The third-order valence-electron chi connectivity index (χ3n) is 4.49. The predicted octanol–water partition coefficient (Wildman–Crippen LogP) is 3.56. The highest BCUT2D eigenvalue weighted by molar-refractivity contribution is 5.80. The van der Waals surface area contributed by atoms with Gasteiger partial charge >= 0.3 is 6.09 Å². The van der Waals surface area contributed by atoms with Gasteiger partial charge in [0.25, 0.3) is 0 Å². The van der Waals surface area contributed by atoms with Crippen LogP contribution >= 0.6 is 0 Å². The first-order valence-electron chi connectivity index (χ1n) is 9.26. The lowest BCUT2D eigenvalue weighted by molar-refractivity contribution is -0.121. The fourth-order valence-corrected chi connectivity index (χ4v) is 3.15. The summed E-state index contributed by atoms with van der Waals surface area (Å²) in [6, 6.07) is 0. The molecule has 0 aromatic rings. The number of allylic oxidation sites excluding steroid dienone is 9. The van der Waals surface area contributed by atoms with E-state index in [0.29, 0.717) is 0 Å². The van der Waals surface area contributed by atoms with Gasteiger partial charge in [0.05, 0.1) is 0 Å². The Morgan fingerprint density at radius 3 is 2.85 bits per heavy atom. The number of hydrogen-bond acceptors (Lipinski definition) is 4. The quantitative estimate of drug-likeness (QED) is 0.652. The maximum absolute atomic E-state index is 11.9. The normalized spacial score (nSPS) is 18.7. The second-order valence-corrected chi connectivity index (χ2v) is 6.32. The van der Waals surface area contributed by atoms with E-state index in [1.165, 1.54) is 0 Å². The number of ether oxygens (including phenoxy) is 1. The number of nitrogens with one attached hydrogen (secondary N) is 1. The summed E-state index contributed by atoms with van der Waals surface area (Å²) >= 11 is 0. The Bertz CT molecular complexity index is 737. The van der Waals surface area contributed by atoms with Gasteiger partial charge in [0.1, 0.15) is 13.2 Å². The first-order chi connectivity index (χ1) is 13.1. The van der Waals surface area contributed by atoms with Crippen LogP contribution in [-0.2, 0) is 9.53 Å². The van der Waals surface area contributed by atoms with Gasteiger partial charge in [0.2, 0.25) is 0 Å². The van der Waals surface area contributed by atoms with Gasteiger partial charge in [-0.25, -0.2) is 4.79 Å². The standard InChI is InChI=1S/C22H27NO4/c1-3-5-9-18-17(4-2)21(20-11-8-6-7-10-19(18)20)15-27-22(26)23-13-12-16(25)14-24/h4-5,7-11,21,24H,2-3,6,12-15H2,1H3,(H,23,26). The summed E-state index contributed by atoms with van der Waals surface area (Å²) in [6.07, 6.45) is 15.8. The Balaban J connectivity index is 2.10. The number of aliphatic hydroxyl groups is 1. The monoisotopic (exact) mass is 369 g/mol. The molecule has 27 heavy (non-hydrogen) atoms. The van der Waals surface area contributed by atoms with Crippen molar-refractivity contribution in [3.05, 3.63) is 71.4 Å². The largest absolute Gasteiger partial charge is 0.449 e. The number of aliphatic hydroxyl groups excluding tert-OH is 1. The van der Waals surface area contributed by atoms with E-state index in [-0.39, 0.29) is 31.3 Å². The molecule has 144 valence electrons. The molecule has 0 bridgehead atoms. The highest BCUT2D eigenvalue weighted by Gasteiger charge is 2.30. The molecule has 5 heteroatoms. The molecule has 0 aliphatic heterocycles. The fourth-order valence-electron chi connectivity index (χ4n) is 3.15. The maximum Gasteiger partial charge on any atom is 0.407 e. The minimum Gasteiger partial charge on any atom is -0.449 e. The van der Waals surface area contributed by atoms with E-state index in [9.17, 15) is 9.59 Å². The highest BCUT2D eigenvalue weighted by Crippen LogP contribution is 2.41. The average Bonchev–Trinajstić information content (AvgIpc) is 2.80. The van der Waals surface area contributed by atoms with Gasteiger partial charge in [-0.3, -0.25) is 4.79 Å². The first kappa shape index (κ1) is 20.6. The third kappa shape index (κ3) is 5.41. The van der Waals surface area contributed by atoms with Gasteiger partial charge in [-0.1, -0.05) is 56.0 Å². The molecule has 0 heterocycles. The van der Waals surface area contributed by atoms with Gasteiger partial charge in [-0.2, -0.15) is 0 Å². The van der Waals surface area contributed by atoms with E-state index in [1.54, 1.807) is 0 Å². The summed E-state index contributed by atoms with van der Waals surface area (Å²) < 4.78 is 5.39. The lowest BCUT2D eigenvalue weighted by atomic mass is 9.95. The second kappa shape index (κ2) is 10.5. The first-order valence-corrected chi connectivity index (χ1v) is 9.26. The van der Waals surface area contributed by atoms with Crippen molar-refractivity contribution in [2.45, 2.75) is 26.2 Å². The zero-order valence-electron chi connectivity index (χ0n) is 15.7. The van der Waals surface area contributed by atoms with Crippen LogP contribution in [0.2, 0.25) is 0 Å².